The number of cyclic esters (lactones) is 1. The zero-order valence-corrected chi connectivity index (χ0v) is 44.6. The molecule has 3 heterocycles. The maximum absolute atomic E-state index is 14.5. The van der Waals surface area contributed by atoms with E-state index in [4.69, 9.17) is 23.7 Å². The number of hydrogen-bond donors (Lipinski definition) is 4. The summed E-state index contributed by atoms with van der Waals surface area (Å²) in [6.07, 6.45) is 14.0. The van der Waals surface area contributed by atoms with Gasteiger partial charge in [-0.15, -0.1) is 0 Å². The predicted molar refractivity (Wildman–Crippen MR) is 267 cm³/mol. The molecule has 1 amide bonds. The monoisotopic (exact) mass is 1010 g/mol. The van der Waals surface area contributed by atoms with Crippen LogP contribution in [0.1, 0.15) is 138 Å². The Morgan fingerprint density at radius 1 is 0.886 bits per heavy atom. The fourth-order valence-corrected chi connectivity index (χ4v) is 12.0. The van der Waals surface area contributed by atoms with Gasteiger partial charge in [0.2, 0.25) is 15.8 Å². The minimum Gasteiger partial charge on any atom is -0.461 e. The van der Waals surface area contributed by atoms with Crippen LogP contribution < -0.4 is 4.72 Å². The van der Waals surface area contributed by atoms with Gasteiger partial charge in [0.05, 0.1) is 43.9 Å². The van der Waals surface area contributed by atoms with Crippen LogP contribution in [-0.4, -0.2) is 147 Å². The molecule has 4 aliphatic rings. The molecule has 17 heteroatoms. The number of ether oxygens (including phenoxy) is 5. The molecule has 4 N–H and O–H groups in total. The molecule has 16 nitrogen and oxygen atoms in total. The van der Waals surface area contributed by atoms with Gasteiger partial charge in [0, 0.05) is 38.6 Å². The lowest BCUT2D eigenvalue weighted by molar-refractivity contribution is -0.264. The number of allylic oxidation sites excluding steroid dienone is 5. The van der Waals surface area contributed by atoms with Crippen LogP contribution in [0.25, 0.3) is 0 Å². The first kappa shape index (κ1) is 59.7. The largest absolute Gasteiger partial charge is 0.461 e. The summed E-state index contributed by atoms with van der Waals surface area (Å²) in [5, 5.41) is 33.0. The molecule has 0 spiro atoms. The van der Waals surface area contributed by atoms with Gasteiger partial charge in [0.1, 0.15) is 18.2 Å². The van der Waals surface area contributed by atoms with E-state index in [2.05, 4.69) is 18.6 Å². The first-order valence-corrected chi connectivity index (χ1v) is 27.9. The fraction of sp³-hybridized carbons (Fsp3) is 0.811. The number of amides is 1. The molecule has 1 unspecified atom stereocenters. The molecule has 70 heavy (non-hydrogen) atoms. The molecule has 16 atom stereocenters. The highest BCUT2D eigenvalue weighted by molar-refractivity contribution is 7.88. The Kier molecular flexibility index (Phi) is 23.9. The van der Waals surface area contributed by atoms with Crippen LogP contribution in [0.4, 0.5) is 0 Å². The average molecular weight is 1010 g/mol. The van der Waals surface area contributed by atoms with E-state index < -0.39 is 81.8 Å². The number of ketones is 2. The summed E-state index contributed by atoms with van der Waals surface area (Å²) in [4.78, 5) is 58.2. The van der Waals surface area contributed by atoms with Crippen molar-refractivity contribution in [3.8, 4) is 0 Å². The number of fused-ring (bicyclic) bond motifs is 3. The molecule has 0 radical (unpaired) electrons. The number of aliphatic hydroxyl groups is 3. The van der Waals surface area contributed by atoms with Crippen molar-refractivity contribution in [2.45, 2.75) is 193 Å². The van der Waals surface area contributed by atoms with E-state index in [1.807, 2.05) is 32.9 Å². The quantitative estimate of drug-likeness (QED) is 0.146. The number of Topliss-reactive ketones (excluding diaryl/α,β-unsaturated/α-hetero) is 2. The molecule has 1 saturated carbocycles. The number of sulfonamides is 1. The van der Waals surface area contributed by atoms with Crippen molar-refractivity contribution < 1.29 is 66.6 Å². The third kappa shape index (κ3) is 17.1. The summed E-state index contributed by atoms with van der Waals surface area (Å²) >= 11 is 0. The minimum absolute atomic E-state index is 0.00292. The van der Waals surface area contributed by atoms with Gasteiger partial charge in [-0.2, -0.15) is 0 Å². The van der Waals surface area contributed by atoms with Crippen molar-refractivity contribution in [2.24, 2.45) is 41.4 Å². The Hall–Kier alpha value is -2.87. The lowest BCUT2D eigenvalue weighted by atomic mass is 9.78. The summed E-state index contributed by atoms with van der Waals surface area (Å²) < 4.78 is 57.9. The Balaban J connectivity index is 1.68. The van der Waals surface area contributed by atoms with Crippen LogP contribution >= 0.6 is 0 Å². The maximum atomic E-state index is 14.5. The van der Waals surface area contributed by atoms with Crippen LogP contribution in [-0.2, 0) is 52.9 Å². The number of hydrogen-bond acceptors (Lipinski definition) is 14. The number of nitrogens with zero attached hydrogens (tertiary/aromatic N) is 1. The summed E-state index contributed by atoms with van der Waals surface area (Å²) in [6.45, 7) is 13.6. The average Bonchev–Trinajstić information content (AvgIpc) is 3.31. The minimum atomic E-state index is -3.72. The third-order valence-corrected chi connectivity index (χ3v) is 16.2. The molecular formula is C53H88N2O14S. The fourth-order valence-electron chi connectivity index (χ4n) is 11.2. The normalized spacial score (nSPS) is 37.8. The number of nitrogens with one attached hydrogen (secondary N) is 1. The highest BCUT2D eigenvalue weighted by atomic mass is 32.2. The smallest absolute Gasteiger partial charge is 0.329 e. The molecule has 0 aromatic rings. The third-order valence-electron chi connectivity index (χ3n) is 15.4. The molecular weight excluding hydrogens is 921 g/mol. The van der Waals surface area contributed by atoms with Gasteiger partial charge < -0.3 is 43.9 Å². The number of carbonyl (C=O) groups is 4. The molecule has 4 rings (SSSR count). The molecule has 1 aliphatic carbocycles. The first-order valence-electron chi connectivity index (χ1n) is 26.0. The summed E-state index contributed by atoms with van der Waals surface area (Å²) in [6, 6.07) is -1.85. The Bertz CT molecular complexity index is 1910. The van der Waals surface area contributed by atoms with E-state index in [0.717, 1.165) is 31.9 Å². The Morgan fingerprint density at radius 2 is 1.61 bits per heavy atom. The van der Waals surface area contributed by atoms with Gasteiger partial charge in [-0.25, -0.2) is 17.9 Å². The van der Waals surface area contributed by atoms with Crippen molar-refractivity contribution in [1.29, 1.82) is 0 Å². The van der Waals surface area contributed by atoms with Gasteiger partial charge in [-0.05, 0) is 126 Å². The van der Waals surface area contributed by atoms with Crippen LogP contribution in [0.3, 0.4) is 0 Å². The van der Waals surface area contributed by atoms with E-state index in [0.29, 0.717) is 56.9 Å². The van der Waals surface area contributed by atoms with Crippen molar-refractivity contribution in [2.75, 3.05) is 40.2 Å². The molecule has 3 fully saturated rings. The number of piperidine rings is 1. The topological polar surface area (TPSA) is 225 Å². The van der Waals surface area contributed by atoms with Crippen molar-refractivity contribution in [3.05, 3.63) is 36.0 Å². The molecule has 400 valence electrons. The van der Waals surface area contributed by atoms with Gasteiger partial charge >= 0.3 is 5.97 Å². The number of esters is 1. The van der Waals surface area contributed by atoms with Gasteiger partial charge in [-0.1, -0.05) is 77.5 Å². The Labute approximate surface area is 418 Å². The second-order valence-electron chi connectivity index (χ2n) is 21.4. The van der Waals surface area contributed by atoms with E-state index in [9.17, 15) is 42.9 Å². The molecule has 0 aromatic carbocycles. The summed E-state index contributed by atoms with van der Waals surface area (Å²) in [7, 11) is -0.616. The molecule has 3 aliphatic heterocycles. The van der Waals surface area contributed by atoms with Crippen LogP contribution in [0.5, 0.6) is 0 Å². The Morgan fingerprint density at radius 3 is 2.29 bits per heavy atom. The number of carbonyl (C=O) groups excluding carboxylic acids is 4. The van der Waals surface area contributed by atoms with E-state index >= 15 is 0 Å². The second-order valence-corrected chi connectivity index (χ2v) is 23.2. The van der Waals surface area contributed by atoms with Crippen molar-refractivity contribution in [1.82, 2.24) is 9.62 Å². The number of aliphatic hydroxyl groups excluding tert-OH is 2. The first-order chi connectivity index (χ1) is 33.0. The highest BCUT2D eigenvalue weighted by Crippen LogP contribution is 2.38. The maximum Gasteiger partial charge on any atom is 0.329 e. The highest BCUT2D eigenvalue weighted by Gasteiger charge is 2.53. The van der Waals surface area contributed by atoms with Crippen LogP contribution in [0.15, 0.2) is 36.0 Å². The number of rotatable bonds is 10. The zero-order valence-electron chi connectivity index (χ0n) is 43.8. The lowest BCUT2D eigenvalue weighted by Gasteiger charge is -2.43. The number of methoxy groups -OCH3 is 2. The standard InChI is InChI=1S/C53H88N2O14S/c1-33-16-12-11-13-17-35(3)42(54-70(10,63)64)32-41-22-20-39(7)53(62,69-41)50(59)51(60)55-25-15-14-18-43(55)52(61)68-44(36(4)30-40-21-24-45(67-27-26-56)46(31-40)65-8)23-19-34(2)29-38(6)48(58)49(66-9)47(57)37(5)28-33/h11-13,16-17,33-34,36-46,48-49,54,56,58,62H,14-15,18-32H2,1-10H3/b13-11?,16-12+,35-17?/t33-,34+,36-,37-,38?,39-,40+,41+,42+,43+,44+,45-,46-,48-,49+,53-/m1/s1. The van der Waals surface area contributed by atoms with Gasteiger partial charge in [-0.3, -0.25) is 14.4 Å². The van der Waals surface area contributed by atoms with E-state index in [-0.39, 0.29) is 80.2 Å². The lowest BCUT2D eigenvalue weighted by Crippen LogP contribution is -2.61. The summed E-state index contributed by atoms with van der Waals surface area (Å²) in [5.74, 6) is -6.82. The van der Waals surface area contributed by atoms with E-state index in [1.165, 1.54) is 12.0 Å². The SMILES string of the molecule is CO[C@@H]1C[C@H](C[C@@H](C)[C@@H]2CC[C@H](C)CC(C)[C@@H](O)[C@@H](OC)C(=O)[C@H](C)C[C@H](C)/C=C/C=CC=C(C)[C@@H](NS(C)(=O)=O)C[C@@H]3CC[C@@H](C)[C@@](O)(O3)C(=O)C(=O)N3CCCC[C@H]3C(=O)O2)CC[C@H]1OCCO. The van der Waals surface area contributed by atoms with Crippen LogP contribution in [0.2, 0.25) is 0 Å². The van der Waals surface area contributed by atoms with Gasteiger partial charge in [0.25, 0.3) is 11.7 Å². The predicted octanol–water partition coefficient (Wildman–Crippen LogP) is 6.00. The molecule has 2 saturated heterocycles. The van der Waals surface area contributed by atoms with Crippen LogP contribution in [0, 0.1) is 41.4 Å². The van der Waals surface area contributed by atoms with E-state index in [1.54, 1.807) is 39.2 Å². The van der Waals surface area contributed by atoms with Crippen molar-refractivity contribution >= 4 is 33.5 Å². The van der Waals surface area contributed by atoms with Gasteiger partial charge in [0.15, 0.2) is 5.78 Å². The zero-order chi connectivity index (χ0) is 51.9. The molecule has 0 aromatic heterocycles. The summed E-state index contributed by atoms with van der Waals surface area (Å²) in [5.41, 5.74) is 0.643. The van der Waals surface area contributed by atoms with Crippen molar-refractivity contribution in [3.63, 3.8) is 0 Å². The second kappa shape index (κ2) is 28.0. The molecule has 2 bridgehead atoms.